The number of hydrogen-bond donors (Lipinski definition) is 0. The first-order valence-electron chi connectivity index (χ1n) is 14.9. The van der Waals surface area contributed by atoms with Crippen LogP contribution in [-0.2, 0) is 17.9 Å². The van der Waals surface area contributed by atoms with Crippen LogP contribution in [0.3, 0.4) is 0 Å². The number of anilines is 1. The van der Waals surface area contributed by atoms with E-state index in [2.05, 4.69) is 81.6 Å². The summed E-state index contributed by atoms with van der Waals surface area (Å²) in [6, 6.07) is 23.1. The highest BCUT2D eigenvalue weighted by molar-refractivity contribution is 5.79. The van der Waals surface area contributed by atoms with Crippen LogP contribution in [0.5, 0.6) is 5.75 Å². The van der Waals surface area contributed by atoms with Gasteiger partial charge in [0.05, 0.1) is 30.6 Å². The topological polar surface area (TPSA) is 53.8 Å². The molecule has 0 N–H and O–H groups in total. The maximum absolute atomic E-state index is 13.7. The number of methoxy groups -OCH3 is 1. The number of amides is 1. The van der Waals surface area contributed by atoms with Gasteiger partial charge >= 0.3 is 0 Å². The largest absolute Gasteiger partial charge is 0.497 e. The van der Waals surface area contributed by atoms with E-state index in [4.69, 9.17) is 9.72 Å². The molecule has 3 heterocycles. The Morgan fingerprint density at radius 3 is 2.34 bits per heavy atom. The summed E-state index contributed by atoms with van der Waals surface area (Å²) in [5, 5.41) is 0. The molecule has 2 saturated heterocycles. The van der Waals surface area contributed by atoms with Crippen molar-refractivity contribution in [3.05, 3.63) is 89.2 Å². The van der Waals surface area contributed by atoms with E-state index in [1.54, 1.807) is 7.11 Å². The zero-order valence-corrected chi connectivity index (χ0v) is 24.6. The van der Waals surface area contributed by atoms with E-state index in [1.165, 1.54) is 22.4 Å². The highest BCUT2D eigenvalue weighted by Crippen LogP contribution is 2.28. The van der Waals surface area contributed by atoms with Gasteiger partial charge in [0.1, 0.15) is 11.6 Å². The molecule has 0 spiro atoms. The smallest absolute Gasteiger partial charge is 0.227 e. The van der Waals surface area contributed by atoms with E-state index in [9.17, 15) is 4.79 Å². The van der Waals surface area contributed by atoms with Gasteiger partial charge in [0.15, 0.2) is 0 Å². The van der Waals surface area contributed by atoms with Crippen molar-refractivity contribution >= 4 is 22.6 Å². The summed E-state index contributed by atoms with van der Waals surface area (Å²) in [5.41, 5.74) is 7.33. The molecule has 7 heteroatoms. The van der Waals surface area contributed by atoms with Crippen molar-refractivity contribution < 1.29 is 9.53 Å². The van der Waals surface area contributed by atoms with Crippen LogP contribution in [-0.4, -0.2) is 71.6 Å². The van der Waals surface area contributed by atoms with Gasteiger partial charge in [0.2, 0.25) is 5.91 Å². The number of likely N-dealkylation sites (tertiary alicyclic amines) is 1. The third-order valence-electron chi connectivity index (χ3n) is 8.80. The second kappa shape index (κ2) is 12.0. The Balaban J connectivity index is 1.12. The number of rotatable bonds is 7. The highest BCUT2D eigenvalue weighted by atomic mass is 16.5. The normalized spacial score (nSPS) is 18.2. The molecule has 41 heavy (non-hydrogen) atoms. The van der Waals surface area contributed by atoms with Gasteiger partial charge in [-0.2, -0.15) is 0 Å². The Hall–Kier alpha value is -3.84. The third kappa shape index (κ3) is 5.82. The van der Waals surface area contributed by atoms with Gasteiger partial charge in [0.25, 0.3) is 0 Å². The summed E-state index contributed by atoms with van der Waals surface area (Å²) < 4.78 is 7.68. The van der Waals surface area contributed by atoms with Crippen LogP contribution in [0.1, 0.15) is 35.4 Å². The van der Waals surface area contributed by atoms with Crippen LogP contribution in [0.15, 0.2) is 66.7 Å². The number of imidazole rings is 1. The average molecular weight is 552 g/mol. The first-order valence-corrected chi connectivity index (χ1v) is 14.9. The van der Waals surface area contributed by atoms with E-state index in [0.717, 1.165) is 87.8 Å². The molecule has 1 amide bonds. The van der Waals surface area contributed by atoms with Crippen molar-refractivity contribution in [2.45, 2.75) is 39.8 Å². The van der Waals surface area contributed by atoms with Gasteiger partial charge in [-0.05, 0) is 74.2 Å². The monoisotopic (exact) mass is 551 g/mol. The lowest BCUT2D eigenvalue weighted by atomic mass is 9.96. The maximum Gasteiger partial charge on any atom is 0.227 e. The second-order valence-electron chi connectivity index (χ2n) is 11.6. The summed E-state index contributed by atoms with van der Waals surface area (Å²) >= 11 is 0. The number of fused-ring (bicyclic) bond motifs is 1. The van der Waals surface area contributed by atoms with Crippen LogP contribution in [0.2, 0.25) is 0 Å². The Labute approximate surface area is 243 Å². The summed E-state index contributed by atoms with van der Waals surface area (Å²) in [6.45, 7) is 11.0. The molecule has 0 saturated carbocycles. The molecular weight excluding hydrogens is 510 g/mol. The number of ether oxygens (including phenoxy) is 1. The van der Waals surface area contributed by atoms with Crippen molar-refractivity contribution in [2.75, 3.05) is 51.3 Å². The Bertz CT molecular complexity index is 1480. The van der Waals surface area contributed by atoms with Crippen LogP contribution < -0.4 is 9.64 Å². The van der Waals surface area contributed by atoms with Crippen molar-refractivity contribution in [3.8, 4) is 5.75 Å². The second-order valence-corrected chi connectivity index (χ2v) is 11.6. The number of hydrogen-bond acceptors (Lipinski definition) is 5. The van der Waals surface area contributed by atoms with Crippen LogP contribution in [0, 0.1) is 19.8 Å². The van der Waals surface area contributed by atoms with Crippen molar-refractivity contribution in [1.29, 1.82) is 0 Å². The fourth-order valence-electron chi connectivity index (χ4n) is 6.65. The number of carbonyl (C=O) groups is 1. The van der Waals surface area contributed by atoms with Crippen LogP contribution in [0.25, 0.3) is 11.0 Å². The first kappa shape index (κ1) is 27.3. The lowest BCUT2D eigenvalue weighted by Crippen LogP contribution is -2.52. The number of aromatic nitrogens is 2. The molecule has 4 aromatic rings. The predicted octanol–water partition coefficient (Wildman–Crippen LogP) is 5.27. The Morgan fingerprint density at radius 1 is 0.878 bits per heavy atom. The summed E-state index contributed by atoms with van der Waals surface area (Å²) in [6.07, 6.45) is 2.01. The highest BCUT2D eigenvalue weighted by Gasteiger charge is 2.32. The maximum atomic E-state index is 13.7. The molecule has 0 aliphatic carbocycles. The summed E-state index contributed by atoms with van der Waals surface area (Å²) in [4.78, 5) is 25.7. The fraction of sp³-hybridized carbons (Fsp3) is 0.412. The number of benzene rings is 3. The van der Waals surface area contributed by atoms with E-state index >= 15 is 0 Å². The van der Waals surface area contributed by atoms with E-state index < -0.39 is 0 Å². The van der Waals surface area contributed by atoms with Crippen LogP contribution >= 0.6 is 0 Å². The fourth-order valence-corrected chi connectivity index (χ4v) is 6.65. The molecule has 7 nitrogen and oxygen atoms in total. The van der Waals surface area contributed by atoms with E-state index in [0.29, 0.717) is 5.91 Å². The minimum Gasteiger partial charge on any atom is -0.497 e. The number of nitrogens with zero attached hydrogens (tertiary/aromatic N) is 5. The minimum absolute atomic E-state index is 0.0508. The van der Waals surface area contributed by atoms with Gasteiger partial charge in [-0.15, -0.1) is 0 Å². The molecule has 0 unspecified atom stereocenters. The lowest BCUT2D eigenvalue weighted by molar-refractivity contribution is -0.137. The minimum atomic E-state index is 0.0508. The van der Waals surface area contributed by atoms with Gasteiger partial charge in [0, 0.05) is 45.0 Å². The SMILES string of the molecule is COc1ccc(Cn2c(CN3CCC[C@@H](C(=O)N4CCN(c5c(C)cccc5C)CC4)C3)nc3ccccc32)cc1. The third-order valence-corrected chi connectivity index (χ3v) is 8.80. The Kier molecular flexibility index (Phi) is 7.97. The van der Waals surface area contributed by atoms with Gasteiger partial charge in [-0.25, -0.2) is 4.98 Å². The van der Waals surface area contributed by atoms with Gasteiger partial charge in [-0.1, -0.05) is 42.5 Å². The molecule has 0 radical (unpaired) electrons. The molecule has 214 valence electrons. The summed E-state index contributed by atoms with van der Waals surface area (Å²) in [7, 11) is 1.69. The molecular formula is C34H41N5O2. The first-order chi connectivity index (χ1) is 20.0. The van der Waals surface area contributed by atoms with Gasteiger partial charge < -0.3 is 19.1 Å². The van der Waals surface area contributed by atoms with E-state index in [-0.39, 0.29) is 5.92 Å². The molecule has 2 aliphatic rings. The quantitative estimate of drug-likeness (QED) is 0.313. The molecule has 6 rings (SSSR count). The molecule has 0 bridgehead atoms. The van der Waals surface area contributed by atoms with Crippen molar-refractivity contribution in [2.24, 2.45) is 5.92 Å². The number of carbonyl (C=O) groups excluding carboxylic acids is 1. The lowest BCUT2D eigenvalue weighted by Gasteiger charge is -2.40. The number of piperidine rings is 1. The number of para-hydroxylation sites is 3. The summed E-state index contributed by atoms with van der Waals surface area (Å²) in [5.74, 6) is 2.29. The van der Waals surface area contributed by atoms with Crippen molar-refractivity contribution in [1.82, 2.24) is 19.4 Å². The molecule has 2 fully saturated rings. The molecule has 2 aliphatic heterocycles. The Morgan fingerprint density at radius 2 is 1.61 bits per heavy atom. The predicted molar refractivity (Wildman–Crippen MR) is 165 cm³/mol. The molecule has 3 aromatic carbocycles. The zero-order valence-electron chi connectivity index (χ0n) is 24.6. The van der Waals surface area contributed by atoms with Crippen LogP contribution in [0.4, 0.5) is 5.69 Å². The van der Waals surface area contributed by atoms with Crippen molar-refractivity contribution in [3.63, 3.8) is 0 Å². The number of piperazine rings is 1. The molecule has 1 aromatic heterocycles. The average Bonchev–Trinajstić information content (AvgIpc) is 3.34. The number of aryl methyl sites for hydroxylation is 2. The standard InChI is InChI=1S/C34H41N5O2/c1-25-8-6-9-26(2)33(25)37-18-20-38(21-19-37)34(40)28-10-7-17-36(23-28)24-32-35-30-11-4-5-12-31(30)39(32)22-27-13-15-29(41-3)16-14-27/h4-6,8-9,11-16,28H,7,10,17-24H2,1-3H3/t28-/m1/s1. The molecule has 1 atom stereocenters. The zero-order chi connectivity index (χ0) is 28.3. The van der Waals surface area contributed by atoms with E-state index in [1.807, 2.05) is 18.2 Å². The van der Waals surface area contributed by atoms with Gasteiger partial charge in [-0.3, -0.25) is 9.69 Å².